The van der Waals surface area contributed by atoms with Crippen LogP contribution in [0.2, 0.25) is 0 Å². The van der Waals surface area contributed by atoms with Gasteiger partial charge in [0.1, 0.15) is 0 Å². The van der Waals surface area contributed by atoms with E-state index in [2.05, 4.69) is 4.99 Å². The zero-order chi connectivity index (χ0) is 17.2. The van der Waals surface area contributed by atoms with Gasteiger partial charge in [-0.25, -0.2) is 9.79 Å². The van der Waals surface area contributed by atoms with Crippen LogP contribution in [0.25, 0.3) is 6.08 Å². The van der Waals surface area contributed by atoms with E-state index in [-0.39, 0.29) is 17.2 Å². The van der Waals surface area contributed by atoms with Gasteiger partial charge in [-0.1, -0.05) is 26.8 Å². The second-order valence-electron chi connectivity index (χ2n) is 6.66. The molecule has 5 nitrogen and oxygen atoms in total. The van der Waals surface area contributed by atoms with E-state index in [9.17, 15) is 4.79 Å². The fraction of sp³-hybridized carbons (Fsp3) is 0.444. The summed E-state index contributed by atoms with van der Waals surface area (Å²) in [6, 6.07) is 5.48. The monoisotopic (exact) mass is 317 g/mol. The molecular weight excluding hydrogens is 294 g/mol. The Morgan fingerprint density at radius 2 is 1.91 bits per heavy atom. The summed E-state index contributed by atoms with van der Waals surface area (Å²) < 4.78 is 16.3. The number of cyclic esters (lactones) is 1. The summed E-state index contributed by atoms with van der Waals surface area (Å²) in [5.41, 5.74) is 0.774. The highest BCUT2D eigenvalue weighted by atomic mass is 16.6. The number of hydrogen-bond donors (Lipinski definition) is 0. The zero-order valence-corrected chi connectivity index (χ0v) is 14.5. The van der Waals surface area contributed by atoms with Crippen molar-refractivity contribution in [2.24, 2.45) is 10.4 Å². The molecule has 1 heterocycles. The highest BCUT2D eigenvalue weighted by Gasteiger charge is 2.31. The largest absolute Gasteiger partial charge is 0.493 e. The van der Waals surface area contributed by atoms with Crippen LogP contribution in [0.3, 0.4) is 0 Å². The van der Waals surface area contributed by atoms with Crippen LogP contribution >= 0.6 is 0 Å². The lowest BCUT2D eigenvalue weighted by atomic mass is 9.97. The van der Waals surface area contributed by atoms with Crippen LogP contribution in [0.15, 0.2) is 28.9 Å². The highest BCUT2D eigenvalue weighted by Crippen LogP contribution is 2.31. The molecule has 0 unspecified atom stereocenters. The number of nitrogens with zero attached hydrogens (tertiary/aromatic N) is 1. The summed E-state index contributed by atoms with van der Waals surface area (Å²) in [5, 5.41) is 0. The molecule has 1 aliphatic heterocycles. The van der Waals surface area contributed by atoms with Crippen LogP contribution in [0.1, 0.15) is 40.2 Å². The second kappa shape index (κ2) is 6.44. The first-order valence-electron chi connectivity index (χ1n) is 7.58. The molecule has 0 aliphatic carbocycles. The molecule has 0 radical (unpaired) electrons. The Kier molecular flexibility index (Phi) is 4.78. The minimum Gasteiger partial charge on any atom is -0.493 e. The lowest BCUT2D eigenvalue weighted by molar-refractivity contribution is -0.130. The van der Waals surface area contributed by atoms with Gasteiger partial charge in [-0.05, 0) is 37.6 Å². The van der Waals surface area contributed by atoms with Crippen LogP contribution < -0.4 is 9.47 Å². The number of benzene rings is 1. The summed E-state index contributed by atoms with van der Waals surface area (Å²) in [6.45, 7) is 9.74. The molecule has 5 heteroatoms. The third-order valence-electron chi connectivity index (χ3n) is 3.12. The predicted octanol–water partition coefficient (Wildman–Crippen LogP) is 3.82. The average molecular weight is 317 g/mol. The minimum atomic E-state index is -0.434. The highest BCUT2D eigenvalue weighted by molar-refractivity contribution is 6.08. The number of hydrogen-bond acceptors (Lipinski definition) is 5. The summed E-state index contributed by atoms with van der Waals surface area (Å²) in [6.07, 6.45) is 1.74. The van der Waals surface area contributed by atoms with Gasteiger partial charge < -0.3 is 14.2 Å². The first kappa shape index (κ1) is 17.1. The van der Waals surface area contributed by atoms with Gasteiger partial charge in [0, 0.05) is 5.41 Å². The normalized spacial score (nSPS) is 16.6. The van der Waals surface area contributed by atoms with Gasteiger partial charge in [0.25, 0.3) is 0 Å². The van der Waals surface area contributed by atoms with Crippen molar-refractivity contribution in [3.63, 3.8) is 0 Å². The molecule has 0 N–H and O–H groups in total. The Morgan fingerprint density at radius 3 is 2.43 bits per heavy atom. The lowest BCUT2D eigenvalue weighted by Crippen LogP contribution is -2.21. The van der Waals surface area contributed by atoms with E-state index in [4.69, 9.17) is 14.2 Å². The first-order valence-corrected chi connectivity index (χ1v) is 7.58. The van der Waals surface area contributed by atoms with Crippen molar-refractivity contribution in [1.82, 2.24) is 0 Å². The van der Waals surface area contributed by atoms with Gasteiger partial charge in [-0.2, -0.15) is 0 Å². The molecular formula is C18H23NO4. The van der Waals surface area contributed by atoms with E-state index in [0.29, 0.717) is 17.4 Å². The maximum absolute atomic E-state index is 11.9. The topological polar surface area (TPSA) is 57.1 Å². The molecule has 1 aromatic rings. The van der Waals surface area contributed by atoms with Crippen LogP contribution in [0.4, 0.5) is 0 Å². The minimum absolute atomic E-state index is 0.0526. The lowest BCUT2D eigenvalue weighted by Gasteiger charge is -2.15. The van der Waals surface area contributed by atoms with Crippen molar-refractivity contribution in [3.8, 4) is 11.5 Å². The second-order valence-corrected chi connectivity index (χ2v) is 6.66. The van der Waals surface area contributed by atoms with Crippen LogP contribution in [0, 0.1) is 5.41 Å². The summed E-state index contributed by atoms with van der Waals surface area (Å²) >= 11 is 0. The van der Waals surface area contributed by atoms with Gasteiger partial charge in [0.2, 0.25) is 5.90 Å². The van der Waals surface area contributed by atoms with Crippen molar-refractivity contribution in [1.29, 1.82) is 0 Å². The molecule has 1 aromatic carbocycles. The zero-order valence-electron chi connectivity index (χ0n) is 14.5. The number of aliphatic imine (C=N–C) groups is 1. The summed E-state index contributed by atoms with van der Waals surface area (Å²) in [7, 11) is 1.58. The van der Waals surface area contributed by atoms with Crippen molar-refractivity contribution >= 4 is 17.9 Å². The summed E-state index contributed by atoms with van der Waals surface area (Å²) in [5.74, 6) is 1.27. The van der Waals surface area contributed by atoms with Crippen molar-refractivity contribution in [2.45, 2.75) is 40.7 Å². The van der Waals surface area contributed by atoms with E-state index in [0.717, 1.165) is 5.56 Å². The molecule has 0 atom stereocenters. The van der Waals surface area contributed by atoms with Crippen LogP contribution in [-0.2, 0) is 9.53 Å². The summed E-state index contributed by atoms with van der Waals surface area (Å²) in [4.78, 5) is 16.2. The number of carbonyl (C=O) groups excluding carboxylic acids is 1. The Bertz CT molecular complexity index is 666. The SMILES string of the molecule is COc1cc(C=C2N=C(C(C)(C)C)OC2=O)ccc1OC(C)C. The van der Waals surface area contributed by atoms with E-state index in [1.165, 1.54) is 0 Å². The molecule has 0 saturated heterocycles. The van der Waals surface area contributed by atoms with Gasteiger partial charge in [0.05, 0.1) is 13.2 Å². The maximum atomic E-state index is 11.9. The third-order valence-corrected chi connectivity index (χ3v) is 3.12. The number of methoxy groups -OCH3 is 1. The first-order chi connectivity index (χ1) is 10.7. The van der Waals surface area contributed by atoms with Crippen LogP contribution in [0.5, 0.6) is 11.5 Å². The number of rotatable bonds is 4. The molecule has 124 valence electrons. The van der Waals surface area contributed by atoms with Crippen molar-refractivity contribution in [2.75, 3.05) is 7.11 Å². The van der Waals surface area contributed by atoms with E-state index in [1.807, 2.05) is 52.8 Å². The van der Waals surface area contributed by atoms with E-state index < -0.39 is 5.97 Å². The fourth-order valence-electron chi connectivity index (χ4n) is 2.01. The maximum Gasteiger partial charge on any atom is 0.363 e. The van der Waals surface area contributed by atoms with E-state index in [1.54, 1.807) is 13.2 Å². The van der Waals surface area contributed by atoms with Gasteiger partial charge >= 0.3 is 5.97 Å². The smallest absolute Gasteiger partial charge is 0.363 e. The third kappa shape index (κ3) is 4.12. The quantitative estimate of drug-likeness (QED) is 0.625. The van der Waals surface area contributed by atoms with Crippen LogP contribution in [-0.4, -0.2) is 25.1 Å². The molecule has 0 saturated carbocycles. The number of carbonyl (C=O) groups is 1. The Balaban J connectivity index is 2.32. The van der Waals surface area contributed by atoms with Gasteiger partial charge in [0.15, 0.2) is 17.2 Å². The van der Waals surface area contributed by atoms with Gasteiger partial charge in [-0.15, -0.1) is 0 Å². The average Bonchev–Trinajstić information content (AvgIpc) is 2.81. The Labute approximate surface area is 137 Å². The molecule has 2 rings (SSSR count). The molecule has 0 fully saturated rings. The Hall–Kier alpha value is -2.30. The number of esters is 1. The molecule has 0 aromatic heterocycles. The molecule has 1 aliphatic rings. The molecule has 0 bridgehead atoms. The van der Waals surface area contributed by atoms with Crippen molar-refractivity contribution < 1.29 is 19.0 Å². The molecule has 0 spiro atoms. The van der Waals surface area contributed by atoms with Gasteiger partial charge in [-0.3, -0.25) is 0 Å². The fourth-order valence-corrected chi connectivity index (χ4v) is 2.01. The molecule has 0 amide bonds. The number of ether oxygens (including phenoxy) is 3. The standard InChI is InChI=1S/C18H23NO4/c1-11(2)22-14-8-7-12(10-15(14)21-6)9-13-16(20)23-17(19-13)18(3,4)5/h7-11H,1-6H3. The van der Waals surface area contributed by atoms with Crippen molar-refractivity contribution in [3.05, 3.63) is 29.5 Å². The van der Waals surface area contributed by atoms with E-state index >= 15 is 0 Å². The molecule has 23 heavy (non-hydrogen) atoms. The Morgan fingerprint density at radius 1 is 1.22 bits per heavy atom. The predicted molar refractivity (Wildman–Crippen MR) is 89.7 cm³/mol.